The fourth-order valence-electron chi connectivity index (χ4n) is 6.68. The lowest BCUT2D eigenvalue weighted by Crippen LogP contribution is -2.48. The second-order valence-electron chi connectivity index (χ2n) is 9.40. The first-order chi connectivity index (χ1) is 12.6. The van der Waals surface area contributed by atoms with E-state index >= 15 is 0 Å². The van der Waals surface area contributed by atoms with Crippen molar-refractivity contribution in [3.63, 3.8) is 0 Å². The molecule has 4 aliphatic rings. The van der Waals surface area contributed by atoms with Crippen LogP contribution in [0.1, 0.15) is 74.9 Å². The first-order valence-corrected chi connectivity index (χ1v) is 10.5. The van der Waals surface area contributed by atoms with Gasteiger partial charge in [0.2, 0.25) is 0 Å². The van der Waals surface area contributed by atoms with Crippen LogP contribution in [0.3, 0.4) is 0 Å². The van der Waals surface area contributed by atoms with E-state index in [2.05, 4.69) is 53.7 Å². The number of hydrogen-bond donors (Lipinski definition) is 1. The molecular weight excluding hydrogens is 320 g/mol. The molecule has 4 fully saturated rings. The van der Waals surface area contributed by atoms with Gasteiger partial charge in [0.1, 0.15) is 0 Å². The molecule has 26 heavy (non-hydrogen) atoms. The second-order valence-corrected chi connectivity index (χ2v) is 9.40. The van der Waals surface area contributed by atoms with E-state index in [4.69, 9.17) is 0 Å². The first kappa shape index (κ1) is 16.4. The molecule has 138 valence electrons. The van der Waals surface area contributed by atoms with Crippen LogP contribution in [-0.4, -0.2) is 9.55 Å². The van der Waals surface area contributed by atoms with E-state index < -0.39 is 0 Å². The van der Waals surface area contributed by atoms with Gasteiger partial charge in [0.25, 0.3) is 0 Å². The number of aromatic nitrogens is 2. The van der Waals surface area contributed by atoms with E-state index in [0.717, 1.165) is 35.8 Å². The van der Waals surface area contributed by atoms with Gasteiger partial charge in [-0.05, 0) is 67.3 Å². The third kappa shape index (κ3) is 2.59. The molecule has 0 amide bonds. The van der Waals surface area contributed by atoms with Gasteiger partial charge >= 0.3 is 5.69 Å². The number of benzene rings is 1. The third-order valence-corrected chi connectivity index (χ3v) is 7.29. The summed E-state index contributed by atoms with van der Waals surface area (Å²) in [6.45, 7) is 4.48. The van der Waals surface area contributed by atoms with Gasteiger partial charge in [-0.25, -0.2) is 4.79 Å². The largest absolute Gasteiger partial charge is 0.326 e. The lowest BCUT2D eigenvalue weighted by atomic mass is 9.54. The van der Waals surface area contributed by atoms with E-state index in [0.29, 0.717) is 12.0 Å². The Balaban J connectivity index is 1.56. The number of nitrogens with one attached hydrogen (secondary N) is 1. The number of H-pyrrole nitrogens is 1. The average Bonchev–Trinajstić information content (AvgIpc) is 2.91. The summed E-state index contributed by atoms with van der Waals surface area (Å²) in [5, 5.41) is 0. The van der Waals surface area contributed by atoms with E-state index in [1.807, 2.05) is 0 Å². The van der Waals surface area contributed by atoms with E-state index in [9.17, 15) is 4.79 Å². The van der Waals surface area contributed by atoms with E-state index in [-0.39, 0.29) is 5.69 Å². The Bertz CT molecular complexity index is 817. The van der Waals surface area contributed by atoms with Crippen molar-refractivity contribution in [1.82, 2.24) is 9.55 Å². The highest BCUT2D eigenvalue weighted by atomic mass is 16.1. The lowest BCUT2D eigenvalue weighted by Gasteiger charge is -2.54. The van der Waals surface area contributed by atoms with Crippen molar-refractivity contribution < 1.29 is 0 Å². The maximum absolute atomic E-state index is 13.1. The molecule has 0 unspecified atom stereocenters. The van der Waals surface area contributed by atoms with Crippen LogP contribution < -0.4 is 5.69 Å². The summed E-state index contributed by atoms with van der Waals surface area (Å²) < 4.78 is 2.22. The molecular formula is C23H30N2O. The van der Waals surface area contributed by atoms with Crippen molar-refractivity contribution in [1.29, 1.82) is 0 Å². The van der Waals surface area contributed by atoms with Crippen molar-refractivity contribution in [2.24, 2.45) is 23.7 Å². The highest BCUT2D eigenvalue weighted by Gasteiger charge is 2.50. The van der Waals surface area contributed by atoms with Crippen LogP contribution in [0.25, 0.3) is 0 Å². The number of aromatic amines is 1. The first-order valence-electron chi connectivity index (χ1n) is 10.5. The maximum Gasteiger partial charge on any atom is 0.326 e. The third-order valence-electron chi connectivity index (χ3n) is 7.29. The highest BCUT2D eigenvalue weighted by Crippen LogP contribution is 2.58. The molecule has 1 aromatic carbocycles. The predicted octanol–water partition coefficient (Wildman–Crippen LogP) is 4.89. The van der Waals surface area contributed by atoms with Crippen LogP contribution >= 0.6 is 0 Å². The zero-order valence-electron chi connectivity index (χ0n) is 15.9. The molecule has 0 saturated heterocycles. The molecule has 1 heterocycles. The second kappa shape index (κ2) is 6.14. The van der Waals surface area contributed by atoms with Gasteiger partial charge < -0.3 is 4.98 Å². The summed E-state index contributed by atoms with van der Waals surface area (Å²) in [5.74, 6) is 3.69. The molecule has 3 nitrogen and oxygen atoms in total. The standard InChI is InChI=1S/C23H30N2O/c1-14(2)21-20(13-15-6-4-3-5-7-15)24-23(26)25(21)22-18-9-16-8-17(11-18)12-19(22)10-16/h3-7,14,16-19,22H,8-13H2,1-2H3,(H,24,26). The molecule has 1 aromatic heterocycles. The van der Waals surface area contributed by atoms with Crippen molar-refractivity contribution in [3.8, 4) is 0 Å². The van der Waals surface area contributed by atoms with Crippen LogP contribution in [0.15, 0.2) is 35.1 Å². The number of rotatable bonds is 4. The summed E-state index contributed by atoms with van der Waals surface area (Å²) in [7, 11) is 0. The summed E-state index contributed by atoms with van der Waals surface area (Å²) in [4.78, 5) is 16.3. The molecule has 4 aliphatic carbocycles. The van der Waals surface area contributed by atoms with Crippen molar-refractivity contribution in [2.75, 3.05) is 0 Å². The average molecular weight is 351 g/mol. The Morgan fingerprint density at radius 1 is 1.00 bits per heavy atom. The van der Waals surface area contributed by atoms with E-state index in [1.165, 1.54) is 43.4 Å². The molecule has 0 spiro atoms. The minimum absolute atomic E-state index is 0.136. The van der Waals surface area contributed by atoms with Crippen LogP contribution in [0.4, 0.5) is 0 Å². The summed E-state index contributed by atoms with van der Waals surface area (Å²) in [6.07, 6.45) is 7.67. The number of nitrogens with zero attached hydrogens (tertiary/aromatic N) is 1. The van der Waals surface area contributed by atoms with E-state index in [1.54, 1.807) is 0 Å². The lowest BCUT2D eigenvalue weighted by molar-refractivity contribution is -0.0314. The molecule has 3 heteroatoms. The topological polar surface area (TPSA) is 37.8 Å². The van der Waals surface area contributed by atoms with Crippen LogP contribution in [0.2, 0.25) is 0 Å². The van der Waals surface area contributed by atoms with Gasteiger partial charge in [-0.2, -0.15) is 0 Å². The van der Waals surface area contributed by atoms with Crippen molar-refractivity contribution in [3.05, 3.63) is 57.8 Å². The zero-order chi connectivity index (χ0) is 17.8. The quantitative estimate of drug-likeness (QED) is 0.838. The molecule has 0 aliphatic heterocycles. The van der Waals surface area contributed by atoms with Gasteiger partial charge in [-0.15, -0.1) is 0 Å². The molecule has 0 radical (unpaired) electrons. The van der Waals surface area contributed by atoms with Gasteiger partial charge in [0.15, 0.2) is 0 Å². The van der Waals surface area contributed by atoms with Gasteiger partial charge in [-0.3, -0.25) is 4.57 Å². The van der Waals surface area contributed by atoms with Crippen LogP contribution in [0, 0.1) is 23.7 Å². The fraction of sp³-hybridized carbons (Fsp3) is 0.609. The Morgan fingerprint density at radius 3 is 2.19 bits per heavy atom. The SMILES string of the molecule is CC(C)c1c(Cc2ccccc2)[nH]c(=O)n1C1C2CC3CC(C2)CC1C3. The molecule has 1 N–H and O–H groups in total. The zero-order valence-corrected chi connectivity index (χ0v) is 15.9. The summed E-state index contributed by atoms with van der Waals surface area (Å²) in [5.41, 5.74) is 3.80. The Labute approximate surface area is 155 Å². The van der Waals surface area contributed by atoms with Crippen LogP contribution in [-0.2, 0) is 6.42 Å². The Kier molecular flexibility index (Phi) is 3.88. The van der Waals surface area contributed by atoms with Gasteiger partial charge in [-0.1, -0.05) is 44.2 Å². The van der Waals surface area contributed by atoms with Crippen LogP contribution in [0.5, 0.6) is 0 Å². The molecule has 2 aromatic rings. The Hall–Kier alpha value is -1.77. The molecule has 4 bridgehead atoms. The van der Waals surface area contributed by atoms with Crippen molar-refractivity contribution in [2.45, 2.75) is 64.3 Å². The molecule has 6 rings (SSSR count). The summed E-state index contributed by atoms with van der Waals surface area (Å²) >= 11 is 0. The minimum atomic E-state index is 0.136. The highest BCUT2D eigenvalue weighted by molar-refractivity contribution is 5.27. The summed E-state index contributed by atoms with van der Waals surface area (Å²) in [6, 6.07) is 11.0. The monoisotopic (exact) mass is 350 g/mol. The molecule has 4 saturated carbocycles. The van der Waals surface area contributed by atoms with Gasteiger partial charge in [0.05, 0.1) is 0 Å². The predicted molar refractivity (Wildman–Crippen MR) is 104 cm³/mol. The Morgan fingerprint density at radius 2 is 1.62 bits per heavy atom. The normalized spacial score (nSPS) is 32.5. The molecule has 0 atom stereocenters. The van der Waals surface area contributed by atoms with Gasteiger partial charge in [0, 0.05) is 23.9 Å². The number of imidazole rings is 1. The smallest absolute Gasteiger partial charge is 0.309 e. The number of hydrogen-bond acceptors (Lipinski definition) is 1. The fourth-order valence-corrected chi connectivity index (χ4v) is 6.68. The maximum atomic E-state index is 13.1. The van der Waals surface area contributed by atoms with Crippen molar-refractivity contribution >= 4 is 0 Å². The minimum Gasteiger partial charge on any atom is -0.309 e.